The number of halogens is 1. The minimum absolute atomic E-state index is 0.0727. The Hall–Kier alpha value is -0.880. The van der Waals surface area contributed by atoms with Crippen molar-refractivity contribution in [3.05, 3.63) is 34.3 Å². The van der Waals surface area contributed by atoms with Crippen molar-refractivity contribution >= 4 is 31.7 Å². The normalized spacial score (nSPS) is 21.8. The van der Waals surface area contributed by atoms with Crippen molar-refractivity contribution < 1.29 is 13.2 Å². The van der Waals surface area contributed by atoms with Gasteiger partial charge in [0.05, 0.1) is 11.5 Å². The Balaban J connectivity index is 2.15. The molecule has 0 bridgehead atoms. The van der Waals surface area contributed by atoms with E-state index in [4.69, 9.17) is 0 Å². The van der Waals surface area contributed by atoms with Gasteiger partial charge >= 0.3 is 0 Å². The van der Waals surface area contributed by atoms with Gasteiger partial charge in [-0.05, 0) is 24.6 Å². The van der Waals surface area contributed by atoms with Gasteiger partial charge in [-0.3, -0.25) is 4.79 Å². The molecule has 0 unspecified atom stereocenters. The third-order valence-electron chi connectivity index (χ3n) is 3.15. The average Bonchev–Trinajstić information content (AvgIpc) is 2.68. The van der Waals surface area contributed by atoms with Crippen LogP contribution in [0.3, 0.4) is 0 Å². The van der Waals surface area contributed by atoms with Gasteiger partial charge in [0, 0.05) is 23.1 Å². The summed E-state index contributed by atoms with van der Waals surface area (Å²) in [5.41, 5.74) is 0.566. The molecule has 1 atom stereocenters. The highest BCUT2D eigenvalue weighted by molar-refractivity contribution is 9.10. The van der Waals surface area contributed by atoms with Crippen molar-refractivity contribution in [3.63, 3.8) is 0 Å². The van der Waals surface area contributed by atoms with Gasteiger partial charge in [0.2, 0.25) is 0 Å². The van der Waals surface area contributed by atoms with Crippen molar-refractivity contribution in [1.82, 2.24) is 4.90 Å². The average molecular weight is 332 g/mol. The highest BCUT2D eigenvalue weighted by Gasteiger charge is 2.32. The summed E-state index contributed by atoms with van der Waals surface area (Å²) in [6.45, 7) is 0. The van der Waals surface area contributed by atoms with Crippen LogP contribution in [-0.4, -0.2) is 43.8 Å². The third kappa shape index (κ3) is 2.92. The first-order valence-corrected chi connectivity index (χ1v) is 8.24. The molecule has 0 radical (unpaired) electrons. The van der Waals surface area contributed by atoms with E-state index in [0.29, 0.717) is 12.0 Å². The summed E-state index contributed by atoms with van der Waals surface area (Å²) in [5, 5.41) is 0. The number of rotatable bonds is 2. The molecular weight excluding hydrogens is 318 g/mol. The fourth-order valence-electron chi connectivity index (χ4n) is 2.07. The molecule has 1 heterocycles. The molecule has 1 amide bonds. The molecule has 98 valence electrons. The largest absolute Gasteiger partial charge is 0.338 e. The Kier molecular flexibility index (Phi) is 3.77. The lowest BCUT2D eigenvalue weighted by molar-refractivity contribution is 0.0747. The summed E-state index contributed by atoms with van der Waals surface area (Å²) in [7, 11) is -1.31. The van der Waals surface area contributed by atoms with Crippen LogP contribution in [0.25, 0.3) is 0 Å². The highest BCUT2D eigenvalue weighted by atomic mass is 79.9. The second-order valence-corrected chi connectivity index (χ2v) is 7.63. The van der Waals surface area contributed by atoms with Gasteiger partial charge < -0.3 is 4.90 Å². The summed E-state index contributed by atoms with van der Waals surface area (Å²) >= 11 is 3.31. The van der Waals surface area contributed by atoms with Crippen molar-refractivity contribution in [2.24, 2.45) is 0 Å². The standard InChI is InChI=1S/C12H14BrNO3S/c1-14(11-5-6-18(16,17)8-11)12(15)9-3-2-4-10(13)7-9/h2-4,7,11H,5-6,8H2,1H3/t11-/m1/s1. The number of carbonyl (C=O) groups excluding carboxylic acids is 1. The van der Waals surface area contributed by atoms with E-state index in [0.717, 1.165) is 4.47 Å². The Bertz CT molecular complexity index is 570. The second-order valence-electron chi connectivity index (χ2n) is 4.48. The zero-order valence-electron chi connectivity index (χ0n) is 9.97. The summed E-state index contributed by atoms with van der Waals surface area (Å²) in [6.07, 6.45) is 0.526. The van der Waals surface area contributed by atoms with Gasteiger partial charge in [-0.15, -0.1) is 0 Å². The van der Waals surface area contributed by atoms with Crippen LogP contribution >= 0.6 is 15.9 Å². The highest BCUT2D eigenvalue weighted by Crippen LogP contribution is 2.19. The van der Waals surface area contributed by atoms with E-state index < -0.39 is 9.84 Å². The molecule has 1 aromatic carbocycles. The number of sulfone groups is 1. The van der Waals surface area contributed by atoms with Crippen LogP contribution in [0, 0.1) is 0 Å². The first-order valence-electron chi connectivity index (χ1n) is 5.62. The Morgan fingerprint density at radius 1 is 1.44 bits per heavy atom. The van der Waals surface area contributed by atoms with Gasteiger partial charge in [-0.2, -0.15) is 0 Å². The fourth-order valence-corrected chi connectivity index (χ4v) is 4.25. The number of hydrogen-bond acceptors (Lipinski definition) is 3. The lowest BCUT2D eigenvalue weighted by Crippen LogP contribution is -2.37. The van der Waals surface area contributed by atoms with Crippen molar-refractivity contribution in [1.29, 1.82) is 0 Å². The van der Waals surface area contributed by atoms with Crippen LogP contribution < -0.4 is 0 Å². The zero-order valence-corrected chi connectivity index (χ0v) is 12.4. The predicted molar refractivity (Wildman–Crippen MR) is 73.3 cm³/mol. The molecule has 4 nitrogen and oxygen atoms in total. The van der Waals surface area contributed by atoms with Gasteiger partial charge in [-0.25, -0.2) is 8.42 Å². The molecule has 6 heteroatoms. The van der Waals surface area contributed by atoms with E-state index in [-0.39, 0.29) is 23.5 Å². The number of nitrogens with zero attached hydrogens (tertiary/aromatic N) is 1. The van der Waals surface area contributed by atoms with Crippen LogP contribution in [0.1, 0.15) is 16.8 Å². The Morgan fingerprint density at radius 2 is 2.17 bits per heavy atom. The lowest BCUT2D eigenvalue weighted by atomic mass is 10.1. The number of carbonyl (C=O) groups is 1. The van der Waals surface area contributed by atoms with Gasteiger partial charge in [0.1, 0.15) is 0 Å². The number of amides is 1. The third-order valence-corrected chi connectivity index (χ3v) is 5.39. The molecule has 1 aliphatic rings. The van der Waals surface area contributed by atoms with Crippen molar-refractivity contribution in [2.45, 2.75) is 12.5 Å². The van der Waals surface area contributed by atoms with Crippen molar-refractivity contribution in [3.8, 4) is 0 Å². The van der Waals surface area contributed by atoms with Crippen LogP contribution in [0.4, 0.5) is 0 Å². The smallest absolute Gasteiger partial charge is 0.253 e. The van der Waals surface area contributed by atoms with Crippen LogP contribution in [0.5, 0.6) is 0 Å². The quantitative estimate of drug-likeness (QED) is 0.828. The zero-order chi connectivity index (χ0) is 13.3. The van der Waals surface area contributed by atoms with E-state index in [1.54, 1.807) is 25.2 Å². The minimum Gasteiger partial charge on any atom is -0.338 e. The first kappa shape index (κ1) is 13.5. The molecule has 0 saturated carbocycles. The van der Waals surface area contributed by atoms with E-state index in [1.165, 1.54) is 4.90 Å². The molecule has 1 saturated heterocycles. The fraction of sp³-hybridized carbons (Fsp3) is 0.417. The first-order chi connectivity index (χ1) is 8.39. The Labute approximate surface area is 115 Å². The monoisotopic (exact) mass is 331 g/mol. The molecule has 1 aromatic rings. The van der Waals surface area contributed by atoms with Gasteiger partial charge in [-0.1, -0.05) is 22.0 Å². The molecule has 0 spiro atoms. The van der Waals surface area contributed by atoms with E-state index in [2.05, 4.69) is 15.9 Å². The molecule has 0 N–H and O–H groups in total. The van der Waals surface area contributed by atoms with Gasteiger partial charge in [0.15, 0.2) is 9.84 Å². The lowest BCUT2D eigenvalue weighted by Gasteiger charge is -2.23. The summed E-state index contributed by atoms with van der Waals surface area (Å²) < 4.78 is 23.7. The van der Waals surface area contributed by atoms with E-state index >= 15 is 0 Å². The number of benzene rings is 1. The van der Waals surface area contributed by atoms with Crippen LogP contribution in [0.15, 0.2) is 28.7 Å². The molecule has 0 aliphatic carbocycles. The topological polar surface area (TPSA) is 54.5 Å². The second kappa shape index (κ2) is 5.01. The summed E-state index contributed by atoms with van der Waals surface area (Å²) in [5.74, 6) is 0.107. The van der Waals surface area contributed by atoms with Gasteiger partial charge in [0.25, 0.3) is 5.91 Å². The van der Waals surface area contributed by atoms with Crippen LogP contribution in [0.2, 0.25) is 0 Å². The van der Waals surface area contributed by atoms with Crippen LogP contribution in [-0.2, 0) is 9.84 Å². The maximum Gasteiger partial charge on any atom is 0.253 e. The summed E-state index contributed by atoms with van der Waals surface area (Å²) in [4.78, 5) is 13.7. The predicted octanol–water partition coefficient (Wildman–Crippen LogP) is 1.71. The molecule has 1 fully saturated rings. The van der Waals surface area contributed by atoms with E-state index in [1.807, 2.05) is 6.07 Å². The molecule has 1 aliphatic heterocycles. The maximum absolute atomic E-state index is 12.2. The summed E-state index contributed by atoms with van der Waals surface area (Å²) in [6, 6.07) is 6.89. The molecule has 18 heavy (non-hydrogen) atoms. The molecule has 0 aromatic heterocycles. The SMILES string of the molecule is CN(C(=O)c1cccc(Br)c1)[C@@H]1CCS(=O)(=O)C1. The van der Waals surface area contributed by atoms with Crippen molar-refractivity contribution in [2.75, 3.05) is 18.6 Å². The Morgan fingerprint density at radius 3 is 2.72 bits per heavy atom. The molecule has 2 rings (SSSR count). The molecular formula is C12H14BrNO3S. The maximum atomic E-state index is 12.2. The van der Waals surface area contributed by atoms with E-state index in [9.17, 15) is 13.2 Å². The number of hydrogen-bond donors (Lipinski definition) is 0. The minimum atomic E-state index is -2.97.